The molecule has 1 saturated heterocycles. The molecule has 178 valence electrons. The number of amides is 4. The van der Waals surface area contributed by atoms with Crippen LogP contribution in [0.4, 0.5) is 10.5 Å². The second-order valence-corrected chi connectivity index (χ2v) is 9.19. The van der Waals surface area contributed by atoms with Crippen molar-refractivity contribution in [1.82, 2.24) is 5.32 Å². The number of urea groups is 1. The van der Waals surface area contributed by atoms with Crippen LogP contribution < -0.4 is 15.0 Å². The van der Waals surface area contributed by atoms with Crippen molar-refractivity contribution >= 4 is 76.0 Å². The first kappa shape index (κ1) is 25.1. The topological polar surface area (TPSA) is 75.7 Å². The van der Waals surface area contributed by atoms with E-state index in [0.717, 1.165) is 4.90 Å². The number of carbonyl (C=O) groups is 3. The third-order valence-electron chi connectivity index (χ3n) is 5.25. The summed E-state index contributed by atoms with van der Waals surface area (Å²) < 4.78 is 5.91. The van der Waals surface area contributed by atoms with Gasteiger partial charge in [0, 0.05) is 26.2 Å². The molecule has 0 aromatic heterocycles. The van der Waals surface area contributed by atoms with Gasteiger partial charge in [0.15, 0.2) is 0 Å². The fraction of sp³-hybridized carbons (Fsp3) is 0.0800. The molecular formula is C25H16Cl4N2O4. The molecule has 35 heavy (non-hydrogen) atoms. The molecule has 1 heterocycles. The van der Waals surface area contributed by atoms with E-state index in [4.69, 9.17) is 51.1 Å². The molecule has 0 atom stereocenters. The molecule has 10 heteroatoms. The Kier molecular flexibility index (Phi) is 7.38. The minimum Gasteiger partial charge on any atom is -0.487 e. The van der Waals surface area contributed by atoms with Gasteiger partial charge in [0.1, 0.15) is 17.9 Å². The van der Waals surface area contributed by atoms with Gasteiger partial charge in [0.25, 0.3) is 11.8 Å². The minimum atomic E-state index is -0.887. The van der Waals surface area contributed by atoms with Crippen LogP contribution in [0.1, 0.15) is 16.7 Å². The SMILES string of the molecule is Cc1c(Cl)cccc1N1C(=O)NC(=O)/C(=C\c2cc(Cl)cc(Cl)c2OCc2ccccc2Cl)C1=O. The Hall–Kier alpha value is -3.03. The summed E-state index contributed by atoms with van der Waals surface area (Å²) in [4.78, 5) is 39.4. The molecule has 4 amide bonds. The van der Waals surface area contributed by atoms with E-state index in [1.807, 2.05) is 6.07 Å². The average molecular weight is 550 g/mol. The maximum Gasteiger partial charge on any atom is 0.335 e. The Labute approximate surface area is 221 Å². The lowest BCUT2D eigenvalue weighted by Gasteiger charge is -2.28. The molecule has 1 fully saturated rings. The number of barbiturate groups is 1. The molecule has 0 unspecified atom stereocenters. The van der Waals surface area contributed by atoms with Crippen LogP contribution in [0.2, 0.25) is 20.1 Å². The van der Waals surface area contributed by atoms with Gasteiger partial charge in [-0.3, -0.25) is 14.9 Å². The quantitative estimate of drug-likeness (QED) is 0.279. The van der Waals surface area contributed by atoms with Crippen LogP contribution in [0.3, 0.4) is 0 Å². The monoisotopic (exact) mass is 548 g/mol. The highest BCUT2D eigenvalue weighted by atomic mass is 35.5. The molecule has 0 aliphatic carbocycles. The number of hydrogen-bond acceptors (Lipinski definition) is 4. The summed E-state index contributed by atoms with van der Waals surface area (Å²) in [6, 6.07) is 14.0. The Bertz CT molecular complexity index is 1400. The molecule has 0 saturated carbocycles. The van der Waals surface area contributed by atoms with E-state index >= 15 is 0 Å². The Morgan fingerprint density at radius 1 is 0.914 bits per heavy atom. The third-order valence-corrected chi connectivity index (χ3v) is 6.53. The van der Waals surface area contributed by atoms with Gasteiger partial charge in [-0.25, -0.2) is 9.69 Å². The van der Waals surface area contributed by atoms with E-state index in [2.05, 4.69) is 5.32 Å². The van der Waals surface area contributed by atoms with Crippen molar-refractivity contribution in [3.05, 3.63) is 97.0 Å². The summed E-state index contributed by atoms with van der Waals surface area (Å²) in [5, 5.41) is 3.47. The minimum absolute atomic E-state index is 0.0731. The number of rotatable bonds is 5. The number of anilines is 1. The van der Waals surface area contributed by atoms with Crippen molar-refractivity contribution in [2.45, 2.75) is 13.5 Å². The third kappa shape index (κ3) is 5.16. The second-order valence-electron chi connectivity index (χ2n) is 7.53. The highest BCUT2D eigenvalue weighted by Gasteiger charge is 2.38. The van der Waals surface area contributed by atoms with Crippen LogP contribution in [0.5, 0.6) is 5.75 Å². The molecule has 3 aromatic rings. The number of nitrogens with one attached hydrogen (secondary N) is 1. The predicted octanol–water partition coefficient (Wildman–Crippen LogP) is 6.85. The van der Waals surface area contributed by atoms with E-state index in [-0.39, 0.29) is 39.2 Å². The standard InChI is InChI=1S/C25H16Cl4N2O4/c1-13-18(27)7-4-8-21(13)31-24(33)17(23(32)30-25(31)34)10-15-9-16(26)11-20(29)22(15)35-12-14-5-2-3-6-19(14)28/h2-11H,12H2,1H3,(H,30,32,34)/b17-10+. The number of ether oxygens (including phenoxy) is 1. The number of carbonyl (C=O) groups excluding carboxylic acids is 3. The smallest absolute Gasteiger partial charge is 0.335 e. The van der Waals surface area contributed by atoms with Crippen molar-refractivity contribution in [2.24, 2.45) is 0 Å². The molecule has 3 aromatic carbocycles. The van der Waals surface area contributed by atoms with Gasteiger partial charge in [0.05, 0.1) is 10.7 Å². The number of halogens is 4. The van der Waals surface area contributed by atoms with E-state index < -0.39 is 17.8 Å². The van der Waals surface area contributed by atoms with Gasteiger partial charge in [-0.1, -0.05) is 70.7 Å². The fourth-order valence-electron chi connectivity index (χ4n) is 3.48. The average Bonchev–Trinajstić information content (AvgIpc) is 2.79. The zero-order chi connectivity index (χ0) is 25.3. The summed E-state index contributed by atoms with van der Waals surface area (Å²) >= 11 is 24.9. The van der Waals surface area contributed by atoms with E-state index in [1.54, 1.807) is 43.3 Å². The Morgan fingerprint density at radius 2 is 1.63 bits per heavy atom. The molecule has 0 spiro atoms. The van der Waals surface area contributed by atoms with E-state index in [0.29, 0.717) is 21.2 Å². The maximum absolute atomic E-state index is 13.3. The van der Waals surface area contributed by atoms with Crippen molar-refractivity contribution < 1.29 is 19.1 Å². The van der Waals surface area contributed by atoms with E-state index in [9.17, 15) is 14.4 Å². The number of hydrogen-bond donors (Lipinski definition) is 1. The van der Waals surface area contributed by atoms with Crippen molar-refractivity contribution in [3.63, 3.8) is 0 Å². The fourth-order valence-corrected chi connectivity index (χ4v) is 4.40. The molecule has 1 N–H and O–H groups in total. The van der Waals surface area contributed by atoms with Crippen LogP contribution in [-0.4, -0.2) is 17.8 Å². The number of imide groups is 2. The normalized spacial score (nSPS) is 14.9. The second kappa shape index (κ2) is 10.3. The van der Waals surface area contributed by atoms with Gasteiger partial charge in [-0.2, -0.15) is 0 Å². The highest BCUT2D eigenvalue weighted by molar-refractivity contribution is 6.40. The van der Waals surface area contributed by atoms with E-state index in [1.165, 1.54) is 18.2 Å². The van der Waals surface area contributed by atoms with Crippen LogP contribution >= 0.6 is 46.4 Å². The summed E-state index contributed by atoms with van der Waals surface area (Å²) in [5.74, 6) is -1.52. The van der Waals surface area contributed by atoms with Crippen molar-refractivity contribution in [2.75, 3.05) is 4.90 Å². The number of benzene rings is 3. The van der Waals surface area contributed by atoms with Gasteiger partial charge in [0.2, 0.25) is 0 Å². The number of nitrogens with zero attached hydrogens (tertiary/aromatic N) is 1. The van der Waals surface area contributed by atoms with Crippen LogP contribution in [0.25, 0.3) is 6.08 Å². The highest BCUT2D eigenvalue weighted by Crippen LogP contribution is 2.36. The van der Waals surface area contributed by atoms with Gasteiger partial charge < -0.3 is 4.74 Å². The first-order valence-corrected chi connectivity index (χ1v) is 11.7. The zero-order valence-electron chi connectivity index (χ0n) is 18.1. The maximum atomic E-state index is 13.3. The van der Waals surface area contributed by atoms with Gasteiger partial charge in [-0.05, 0) is 48.9 Å². The molecule has 4 rings (SSSR count). The Balaban J connectivity index is 1.75. The molecule has 1 aliphatic rings. The molecule has 6 nitrogen and oxygen atoms in total. The van der Waals surface area contributed by atoms with Gasteiger partial charge >= 0.3 is 6.03 Å². The largest absolute Gasteiger partial charge is 0.487 e. The first-order chi connectivity index (χ1) is 16.7. The predicted molar refractivity (Wildman–Crippen MR) is 137 cm³/mol. The van der Waals surface area contributed by atoms with Crippen LogP contribution in [-0.2, 0) is 16.2 Å². The lowest BCUT2D eigenvalue weighted by atomic mass is 10.0. The molecular weight excluding hydrogens is 534 g/mol. The molecule has 1 aliphatic heterocycles. The summed E-state index contributed by atoms with van der Waals surface area (Å²) in [6.07, 6.45) is 1.27. The first-order valence-electron chi connectivity index (χ1n) is 10.2. The lowest BCUT2D eigenvalue weighted by molar-refractivity contribution is -0.122. The van der Waals surface area contributed by atoms with Crippen molar-refractivity contribution in [3.8, 4) is 5.75 Å². The summed E-state index contributed by atoms with van der Waals surface area (Å²) in [6.45, 7) is 1.74. The lowest BCUT2D eigenvalue weighted by Crippen LogP contribution is -2.54. The summed E-state index contributed by atoms with van der Waals surface area (Å²) in [7, 11) is 0. The molecule has 0 bridgehead atoms. The van der Waals surface area contributed by atoms with Crippen LogP contribution in [0, 0.1) is 6.92 Å². The summed E-state index contributed by atoms with van der Waals surface area (Å²) in [5.41, 5.74) is 1.41. The Morgan fingerprint density at radius 3 is 2.37 bits per heavy atom. The van der Waals surface area contributed by atoms with Crippen LogP contribution in [0.15, 0.2) is 60.2 Å². The molecule has 0 radical (unpaired) electrons. The van der Waals surface area contributed by atoms with Gasteiger partial charge in [-0.15, -0.1) is 0 Å². The van der Waals surface area contributed by atoms with Crippen molar-refractivity contribution in [1.29, 1.82) is 0 Å². The zero-order valence-corrected chi connectivity index (χ0v) is 21.1.